The minimum atomic E-state index is 0.539. The first-order valence-corrected chi connectivity index (χ1v) is 5.79. The van der Waals surface area contributed by atoms with Gasteiger partial charge in [0.15, 0.2) is 5.82 Å². The van der Waals surface area contributed by atoms with Gasteiger partial charge in [-0.2, -0.15) is 4.98 Å². The van der Waals surface area contributed by atoms with Gasteiger partial charge in [-0.05, 0) is 25.3 Å². The zero-order valence-corrected chi connectivity index (χ0v) is 9.49. The number of hydrogen-bond acceptors (Lipinski definition) is 4. The Morgan fingerprint density at radius 1 is 1.53 bits per heavy atom. The molecule has 1 saturated heterocycles. The van der Waals surface area contributed by atoms with Crippen LogP contribution in [0, 0.1) is 5.92 Å². The molecule has 0 radical (unpaired) electrons. The van der Waals surface area contributed by atoms with Crippen LogP contribution in [0.15, 0.2) is 4.52 Å². The van der Waals surface area contributed by atoms with Gasteiger partial charge in [-0.25, -0.2) is 0 Å². The fraction of sp³-hybridized carbons (Fsp3) is 0.818. The van der Waals surface area contributed by atoms with Crippen molar-refractivity contribution in [1.82, 2.24) is 15.5 Å². The molecule has 1 unspecified atom stereocenters. The highest BCUT2D eigenvalue weighted by Gasteiger charge is 2.18. The van der Waals surface area contributed by atoms with Crippen molar-refractivity contribution >= 4 is 0 Å². The SMILES string of the molecule is CC(C)Cc1noc(CC2CCCN2)n1. The highest BCUT2D eigenvalue weighted by Crippen LogP contribution is 2.11. The van der Waals surface area contributed by atoms with Gasteiger partial charge in [0, 0.05) is 18.9 Å². The topological polar surface area (TPSA) is 51.0 Å². The minimum absolute atomic E-state index is 0.539. The summed E-state index contributed by atoms with van der Waals surface area (Å²) in [6, 6.07) is 0.539. The zero-order chi connectivity index (χ0) is 10.7. The summed E-state index contributed by atoms with van der Waals surface area (Å²) >= 11 is 0. The summed E-state index contributed by atoms with van der Waals surface area (Å²) in [7, 11) is 0. The Hall–Kier alpha value is -0.900. The zero-order valence-electron chi connectivity index (χ0n) is 9.49. The van der Waals surface area contributed by atoms with Gasteiger partial charge in [-0.3, -0.25) is 0 Å². The van der Waals surface area contributed by atoms with Crippen molar-refractivity contribution in [2.75, 3.05) is 6.54 Å². The van der Waals surface area contributed by atoms with Crippen molar-refractivity contribution in [2.24, 2.45) is 5.92 Å². The van der Waals surface area contributed by atoms with E-state index in [0.29, 0.717) is 12.0 Å². The van der Waals surface area contributed by atoms with E-state index in [2.05, 4.69) is 29.3 Å². The molecule has 0 amide bonds. The van der Waals surface area contributed by atoms with Crippen molar-refractivity contribution < 1.29 is 4.52 Å². The first kappa shape index (κ1) is 10.6. The molecule has 0 saturated carbocycles. The van der Waals surface area contributed by atoms with Crippen molar-refractivity contribution in [3.05, 3.63) is 11.7 Å². The standard InChI is InChI=1S/C11H19N3O/c1-8(2)6-10-13-11(15-14-10)7-9-4-3-5-12-9/h8-9,12H,3-7H2,1-2H3. The summed E-state index contributed by atoms with van der Waals surface area (Å²) in [6.07, 6.45) is 4.27. The van der Waals surface area contributed by atoms with Crippen molar-refractivity contribution in [3.63, 3.8) is 0 Å². The summed E-state index contributed by atoms with van der Waals surface area (Å²) in [5.41, 5.74) is 0. The van der Waals surface area contributed by atoms with Crippen LogP contribution in [0.4, 0.5) is 0 Å². The van der Waals surface area contributed by atoms with E-state index < -0.39 is 0 Å². The molecule has 1 atom stereocenters. The molecule has 0 bridgehead atoms. The lowest BCUT2D eigenvalue weighted by atomic mass is 10.1. The van der Waals surface area contributed by atoms with Gasteiger partial charge in [0.25, 0.3) is 0 Å². The lowest BCUT2D eigenvalue weighted by molar-refractivity contribution is 0.358. The van der Waals surface area contributed by atoms with Crippen LogP contribution in [0.5, 0.6) is 0 Å². The third kappa shape index (κ3) is 3.02. The Labute approximate surface area is 90.4 Å². The number of hydrogen-bond donors (Lipinski definition) is 1. The molecular formula is C11H19N3O. The number of nitrogens with zero attached hydrogens (tertiary/aromatic N) is 2. The number of aromatic nitrogens is 2. The molecule has 1 aromatic heterocycles. The summed E-state index contributed by atoms with van der Waals surface area (Å²) in [4.78, 5) is 4.40. The van der Waals surface area contributed by atoms with Gasteiger partial charge in [0.05, 0.1) is 0 Å². The first-order chi connectivity index (χ1) is 7.24. The van der Waals surface area contributed by atoms with Crippen LogP contribution < -0.4 is 5.32 Å². The molecule has 4 nitrogen and oxygen atoms in total. The Morgan fingerprint density at radius 3 is 3.07 bits per heavy atom. The molecular weight excluding hydrogens is 190 g/mol. The van der Waals surface area contributed by atoms with Crippen LogP contribution in [0.3, 0.4) is 0 Å². The number of nitrogens with one attached hydrogen (secondary N) is 1. The predicted molar refractivity (Wildman–Crippen MR) is 57.6 cm³/mol. The van der Waals surface area contributed by atoms with Gasteiger partial charge in [0.1, 0.15) is 0 Å². The monoisotopic (exact) mass is 209 g/mol. The molecule has 0 aromatic carbocycles. The highest BCUT2D eigenvalue weighted by atomic mass is 16.5. The quantitative estimate of drug-likeness (QED) is 0.817. The largest absolute Gasteiger partial charge is 0.339 e. The van der Waals surface area contributed by atoms with E-state index in [0.717, 1.165) is 31.1 Å². The number of rotatable bonds is 4. The summed E-state index contributed by atoms with van der Waals surface area (Å²) < 4.78 is 5.23. The second-order valence-electron chi connectivity index (χ2n) is 4.70. The predicted octanol–water partition coefficient (Wildman–Crippen LogP) is 1.56. The lowest BCUT2D eigenvalue weighted by Crippen LogP contribution is -2.23. The van der Waals surface area contributed by atoms with Crippen LogP contribution in [0.2, 0.25) is 0 Å². The van der Waals surface area contributed by atoms with Gasteiger partial charge >= 0.3 is 0 Å². The Bertz CT molecular complexity index is 303. The maximum Gasteiger partial charge on any atom is 0.228 e. The average molecular weight is 209 g/mol. The van der Waals surface area contributed by atoms with Crippen LogP contribution in [-0.2, 0) is 12.8 Å². The third-order valence-corrected chi connectivity index (χ3v) is 2.68. The Balaban J connectivity index is 1.88. The smallest absolute Gasteiger partial charge is 0.228 e. The van der Waals surface area contributed by atoms with Gasteiger partial charge in [-0.15, -0.1) is 0 Å². The Kier molecular flexibility index (Phi) is 3.36. The molecule has 4 heteroatoms. The molecule has 1 aliphatic heterocycles. The normalized spacial score (nSPS) is 21.4. The minimum Gasteiger partial charge on any atom is -0.339 e. The van der Waals surface area contributed by atoms with Gasteiger partial charge < -0.3 is 9.84 Å². The van der Waals surface area contributed by atoms with E-state index in [1.807, 2.05) is 0 Å². The fourth-order valence-corrected chi connectivity index (χ4v) is 1.96. The second-order valence-corrected chi connectivity index (χ2v) is 4.70. The van der Waals surface area contributed by atoms with E-state index in [1.165, 1.54) is 12.8 Å². The molecule has 0 spiro atoms. The third-order valence-electron chi connectivity index (χ3n) is 2.68. The highest BCUT2D eigenvalue weighted by molar-refractivity contribution is 4.91. The first-order valence-electron chi connectivity index (χ1n) is 5.79. The molecule has 1 aromatic rings. The fourth-order valence-electron chi connectivity index (χ4n) is 1.96. The summed E-state index contributed by atoms with van der Waals surface area (Å²) in [5, 5.41) is 7.41. The van der Waals surface area contributed by atoms with E-state index in [-0.39, 0.29) is 0 Å². The molecule has 1 fully saturated rings. The second kappa shape index (κ2) is 4.75. The van der Waals surface area contributed by atoms with Crippen molar-refractivity contribution in [2.45, 2.75) is 45.6 Å². The summed E-state index contributed by atoms with van der Waals surface area (Å²) in [6.45, 7) is 5.45. The van der Waals surface area contributed by atoms with E-state index in [4.69, 9.17) is 4.52 Å². The maximum atomic E-state index is 5.23. The van der Waals surface area contributed by atoms with Crippen molar-refractivity contribution in [3.8, 4) is 0 Å². The maximum absolute atomic E-state index is 5.23. The van der Waals surface area contributed by atoms with Crippen LogP contribution in [-0.4, -0.2) is 22.7 Å². The van der Waals surface area contributed by atoms with Gasteiger partial charge in [-0.1, -0.05) is 19.0 Å². The molecule has 84 valence electrons. The van der Waals surface area contributed by atoms with Crippen molar-refractivity contribution in [1.29, 1.82) is 0 Å². The molecule has 2 rings (SSSR count). The molecule has 1 aliphatic rings. The van der Waals surface area contributed by atoms with Crippen LogP contribution in [0.1, 0.15) is 38.4 Å². The lowest BCUT2D eigenvalue weighted by Gasteiger charge is -2.04. The van der Waals surface area contributed by atoms with E-state index in [1.54, 1.807) is 0 Å². The van der Waals surface area contributed by atoms with Gasteiger partial charge in [0.2, 0.25) is 5.89 Å². The Morgan fingerprint density at radius 2 is 2.40 bits per heavy atom. The average Bonchev–Trinajstić information content (AvgIpc) is 2.77. The molecule has 15 heavy (non-hydrogen) atoms. The van der Waals surface area contributed by atoms with E-state index >= 15 is 0 Å². The summed E-state index contributed by atoms with van der Waals surface area (Å²) in [5.74, 6) is 2.21. The molecule has 1 N–H and O–H groups in total. The van der Waals surface area contributed by atoms with Crippen LogP contribution >= 0.6 is 0 Å². The van der Waals surface area contributed by atoms with Crippen LogP contribution in [0.25, 0.3) is 0 Å². The molecule has 0 aliphatic carbocycles. The van der Waals surface area contributed by atoms with E-state index in [9.17, 15) is 0 Å². The molecule has 2 heterocycles.